The van der Waals surface area contributed by atoms with E-state index in [4.69, 9.17) is 20.8 Å². The van der Waals surface area contributed by atoms with Crippen molar-refractivity contribution in [3.05, 3.63) is 81.2 Å². The number of nitrogens with one attached hydrogen (secondary N) is 1. The maximum atomic E-state index is 12.1. The Bertz CT molecular complexity index is 1060. The topological polar surface area (TPSA) is 85.6 Å². The molecule has 1 heterocycles. The van der Waals surface area contributed by atoms with Gasteiger partial charge in [-0.05, 0) is 29.7 Å². The molecule has 144 valence electrons. The van der Waals surface area contributed by atoms with Crippen molar-refractivity contribution in [1.29, 1.82) is 0 Å². The number of carbonyl (C=O) groups excluding carboxylic acids is 2. The molecule has 0 saturated heterocycles. The van der Waals surface area contributed by atoms with Crippen LogP contribution in [-0.2, 0) is 9.53 Å². The van der Waals surface area contributed by atoms with Crippen LogP contribution in [0.5, 0.6) is 0 Å². The summed E-state index contributed by atoms with van der Waals surface area (Å²) in [4.78, 5) is 36.1. The van der Waals surface area contributed by atoms with E-state index in [1.807, 2.05) is 37.3 Å². The van der Waals surface area contributed by atoms with Crippen molar-refractivity contribution in [1.82, 2.24) is 5.32 Å². The number of hydrogen-bond acceptors (Lipinski definition) is 5. The molecule has 3 aromatic rings. The highest BCUT2D eigenvalue weighted by Crippen LogP contribution is 2.18. The van der Waals surface area contributed by atoms with Gasteiger partial charge >= 0.3 is 5.97 Å². The zero-order valence-electron chi connectivity index (χ0n) is 15.1. The van der Waals surface area contributed by atoms with Gasteiger partial charge in [0, 0.05) is 17.6 Å². The fourth-order valence-electron chi connectivity index (χ4n) is 2.65. The second-order valence-electron chi connectivity index (χ2n) is 6.31. The summed E-state index contributed by atoms with van der Waals surface area (Å²) >= 11 is 5.85. The minimum atomic E-state index is -0.889. The van der Waals surface area contributed by atoms with Crippen molar-refractivity contribution in [3.8, 4) is 0 Å². The van der Waals surface area contributed by atoms with Crippen LogP contribution in [0.15, 0.2) is 63.8 Å². The summed E-state index contributed by atoms with van der Waals surface area (Å²) in [6.45, 7) is 1.92. The Morgan fingerprint density at radius 1 is 1.14 bits per heavy atom. The van der Waals surface area contributed by atoms with Gasteiger partial charge in [-0.15, -0.1) is 0 Å². The molecule has 0 bridgehead atoms. The monoisotopic (exact) mass is 399 g/mol. The molecule has 1 atom stereocenters. The second kappa shape index (κ2) is 8.71. The van der Waals surface area contributed by atoms with Gasteiger partial charge in [0.1, 0.15) is 5.58 Å². The molecule has 3 rings (SSSR count). The van der Waals surface area contributed by atoms with Crippen LogP contribution < -0.4 is 10.7 Å². The molecule has 28 heavy (non-hydrogen) atoms. The SMILES string of the molecule is C[C@@H](CNC(=O)COC(=O)c1cc(=O)c2cc(Cl)ccc2o1)c1ccccc1. The summed E-state index contributed by atoms with van der Waals surface area (Å²) in [6.07, 6.45) is 0. The average Bonchev–Trinajstić information content (AvgIpc) is 2.71. The Morgan fingerprint density at radius 3 is 2.64 bits per heavy atom. The number of amides is 1. The predicted octanol–water partition coefficient (Wildman–Crippen LogP) is 3.52. The van der Waals surface area contributed by atoms with E-state index in [2.05, 4.69) is 5.32 Å². The normalized spacial score (nSPS) is 11.8. The Morgan fingerprint density at radius 2 is 1.89 bits per heavy atom. The molecule has 1 N–H and O–H groups in total. The summed E-state index contributed by atoms with van der Waals surface area (Å²) < 4.78 is 10.3. The molecule has 0 spiro atoms. The van der Waals surface area contributed by atoms with E-state index in [1.165, 1.54) is 12.1 Å². The van der Waals surface area contributed by atoms with Gasteiger partial charge in [-0.2, -0.15) is 0 Å². The minimum Gasteiger partial charge on any atom is -0.450 e. The van der Waals surface area contributed by atoms with E-state index < -0.39 is 23.9 Å². The largest absolute Gasteiger partial charge is 0.450 e. The van der Waals surface area contributed by atoms with Gasteiger partial charge < -0.3 is 14.5 Å². The van der Waals surface area contributed by atoms with E-state index in [0.717, 1.165) is 11.6 Å². The van der Waals surface area contributed by atoms with Crippen molar-refractivity contribution in [2.24, 2.45) is 0 Å². The van der Waals surface area contributed by atoms with Gasteiger partial charge in [0.25, 0.3) is 5.91 Å². The van der Waals surface area contributed by atoms with Crippen LogP contribution in [0.25, 0.3) is 11.0 Å². The fourth-order valence-corrected chi connectivity index (χ4v) is 2.82. The lowest BCUT2D eigenvalue weighted by molar-refractivity contribution is -0.124. The maximum Gasteiger partial charge on any atom is 0.374 e. The standard InChI is InChI=1S/C21H18ClNO5/c1-13(14-5-3-2-4-6-14)11-23-20(25)12-27-21(26)19-10-17(24)16-9-15(22)7-8-18(16)28-19/h2-10,13H,11-12H2,1H3,(H,23,25)/t13-/m0/s1. The van der Waals surface area contributed by atoms with Crippen LogP contribution in [0.1, 0.15) is 29.0 Å². The Balaban J connectivity index is 1.56. The third kappa shape index (κ3) is 4.78. The van der Waals surface area contributed by atoms with Crippen molar-refractivity contribution >= 4 is 34.4 Å². The highest BCUT2D eigenvalue weighted by Gasteiger charge is 2.16. The van der Waals surface area contributed by atoms with Crippen LogP contribution in [0.2, 0.25) is 5.02 Å². The molecule has 1 amide bonds. The van der Waals surface area contributed by atoms with Crippen LogP contribution in [0, 0.1) is 0 Å². The lowest BCUT2D eigenvalue weighted by Crippen LogP contribution is -2.31. The molecular weight excluding hydrogens is 382 g/mol. The van der Waals surface area contributed by atoms with E-state index in [-0.39, 0.29) is 22.6 Å². The number of benzene rings is 2. The summed E-state index contributed by atoms with van der Waals surface area (Å²) in [5.41, 5.74) is 0.889. The summed E-state index contributed by atoms with van der Waals surface area (Å²) in [6, 6.07) is 15.3. The first kappa shape index (κ1) is 19.6. The predicted molar refractivity (Wildman–Crippen MR) is 106 cm³/mol. The zero-order chi connectivity index (χ0) is 20.1. The first-order chi connectivity index (χ1) is 13.4. The lowest BCUT2D eigenvalue weighted by atomic mass is 10.0. The summed E-state index contributed by atoms with van der Waals surface area (Å²) in [5, 5.41) is 3.36. The summed E-state index contributed by atoms with van der Waals surface area (Å²) in [5.74, 6) is -1.48. The maximum absolute atomic E-state index is 12.1. The minimum absolute atomic E-state index is 0.117. The van der Waals surface area contributed by atoms with E-state index in [0.29, 0.717) is 11.6 Å². The van der Waals surface area contributed by atoms with Gasteiger partial charge in [-0.25, -0.2) is 4.79 Å². The second-order valence-corrected chi connectivity index (χ2v) is 6.74. The number of ether oxygens (including phenoxy) is 1. The molecule has 0 aliphatic carbocycles. The Kier molecular flexibility index (Phi) is 6.11. The van der Waals surface area contributed by atoms with Crippen LogP contribution in [-0.4, -0.2) is 25.0 Å². The van der Waals surface area contributed by atoms with Crippen molar-refractivity contribution in [2.45, 2.75) is 12.8 Å². The molecule has 0 radical (unpaired) electrons. The smallest absolute Gasteiger partial charge is 0.374 e. The molecule has 6 nitrogen and oxygen atoms in total. The quantitative estimate of drug-likeness (QED) is 0.641. The van der Waals surface area contributed by atoms with E-state index in [9.17, 15) is 14.4 Å². The van der Waals surface area contributed by atoms with Gasteiger partial charge in [-0.1, -0.05) is 48.9 Å². The van der Waals surface area contributed by atoms with Crippen LogP contribution in [0.3, 0.4) is 0 Å². The van der Waals surface area contributed by atoms with Crippen molar-refractivity contribution in [3.63, 3.8) is 0 Å². The molecular formula is C21H18ClNO5. The Hall–Kier alpha value is -3.12. The molecule has 0 unspecified atom stereocenters. The van der Waals surface area contributed by atoms with Crippen molar-refractivity contribution < 1.29 is 18.7 Å². The van der Waals surface area contributed by atoms with Crippen LogP contribution in [0.4, 0.5) is 0 Å². The Labute approximate surface area is 166 Å². The third-order valence-corrected chi connectivity index (χ3v) is 4.43. The number of carbonyl (C=O) groups is 2. The summed E-state index contributed by atoms with van der Waals surface area (Å²) in [7, 11) is 0. The molecule has 7 heteroatoms. The van der Waals surface area contributed by atoms with Gasteiger partial charge in [0.2, 0.25) is 5.76 Å². The molecule has 0 aliphatic heterocycles. The van der Waals surface area contributed by atoms with E-state index in [1.54, 1.807) is 6.07 Å². The molecule has 0 aliphatic rings. The zero-order valence-corrected chi connectivity index (χ0v) is 15.9. The van der Waals surface area contributed by atoms with Gasteiger partial charge in [-0.3, -0.25) is 9.59 Å². The molecule has 1 aromatic heterocycles. The highest BCUT2D eigenvalue weighted by molar-refractivity contribution is 6.31. The number of halogens is 1. The lowest BCUT2D eigenvalue weighted by Gasteiger charge is -2.13. The average molecular weight is 400 g/mol. The van der Waals surface area contributed by atoms with E-state index >= 15 is 0 Å². The number of esters is 1. The van der Waals surface area contributed by atoms with Crippen molar-refractivity contribution in [2.75, 3.05) is 13.2 Å². The number of hydrogen-bond donors (Lipinski definition) is 1. The van der Waals surface area contributed by atoms with Gasteiger partial charge in [0.15, 0.2) is 12.0 Å². The third-order valence-electron chi connectivity index (χ3n) is 4.20. The first-order valence-corrected chi connectivity index (χ1v) is 9.04. The molecule has 0 saturated carbocycles. The number of rotatable bonds is 6. The fraction of sp³-hybridized carbons (Fsp3) is 0.190. The highest BCUT2D eigenvalue weighted by atomic mass is 35.5. The van der Waals surface area contributed by atoms with Crippen LogP contribution >= 0.6 is 11.6 Å². The number of fused-ring (bicyclic) bond motifs is 1. The molecule has 0 fully saturated rings. The molecule has 2 aromatic carbocycles. The first-order valence-electron chi connectivity index (χ1n) is 8.66. The van der Waals surface area contributed by atoms with Gasteiger partial charge in [0.05, 0.1) is 5.39 Å².